The Kier molecular flexibility index (Phi) is 4.85. The molecule has 6 nitrogen and oxygen atoms in total. The molecule has 0 radical (unpaired) electrons. The van der Waals surface area contributed by atoms with Gasteiger partial charge < -0.3 is 19.7 Å². The van der Waals surface area contributed by atoms with Crippen molar-refractivity contribution in [3.63, 3.8) is 0 Å². The topological polar surface area (TPSA) is 67.9 Å². The average molecular weight is 407 g/mol. The zero-order valence-corrected chi connectivity index (χ0v) is 15.7. The molecule has 27 heavy (non-hydrogen) atoms. The number of hydrogen-bond acceptors (Lipinski definition) is 4. The first-order valence-electron chi connectivity index (χ1n) is 8.49. The van der Waals surface area contributed by atoms with Crippen LogP contribution in [0.1, 0.15) is 23.2 Å². The highest BCUT2D eigenvalue weighted by molar-refractivity contribution is 6.35. The second-order valence-corrected chi connectivity index (χ2v) is 7.18. The van der Waals surface area contributed by atoms with E-state index in [0.29, 0.717) is 45.8 Å². The summed E-state index contributed by atoms with van der Waals surface area (Å²) in [6, 6.07) is 9.33. The molecule has 1 saturated heterocycles. The summed E-state index contributed by atoms with van der Waals surface area (Å²) < 4.78 is 10.6. The molecular formula is C19H16Cl2N2O4. The maximum absolute atomic E-state index is 12.9. The van der Waals surface area contributed by atoms with Crippen molar-refractivity contribution in [3.05, 3.63) is 52.0 Å². The maximum Gasteiger partial charge on any atom is 0.256 e. The highest BCUT2D eigenvalue weighted by atomic mass is 35.5. The second kappa shape index (κ2) is 7.29. The molecule has 1 N–H and O–H groups in total. The Morgan fingerprint density at radius 2 is 1.89 bits per heavy atom. The lowest BCUT2D eigenvalue weighted by Gasteiger charge is -2.24. The summed E-state index contributed by atoms with van der Waals surface area (Å²) in [6.07, 6.45) is 1.32. The molecule has 2 heterocycles. The van der Waals surface area contributed by atoms with Gasteiger partial charge in [-0.05, 0) is 43.2 Å². The van der Waals surface area contributed by atoms with Crippen molar-refractivity contribution in [1.29, 1.82) is 0 Å². The summed E-state index contributed by atoms with van der Waals surface area (Å²) in [5.74, 6) is 0.669. The van der Waals surface area contributed by atoms with Gasteiger partial charge in [-0.2, -0.15) is 0 Å². The van der Waals surface area contributed by atoms with Crippen molar-refractivity contribution >= 4 is 40.7 Å². The lowest BCUT2D eigenvalue weighted by molar-refractivity contribution is -0.119. The molecule has 2 aromatic carbocycles. The van der Waals surface area contributed by atoms with Crippen LogP contribution in [0.5, 0.6) is 11.5 Å². The Morgan fingerprint density at radius 3 is 2.74 bits per heavy atom. The van der Waals surface area contributed by atoms with E-state index in [2.05, 4.69) is 5.32 Å². The van der Waals surface area contributed by atoms with Crippen LogP contribution in [0.25, 0.3) is 0 Å². The summed E-state index contributed by atoms with van der Waals surface area (Å²) in [7, 11) is 0. The van der Waals surface area contributed by atoms with Gasteiger partial charge in [-0.3, -0.25) is 9.59 Å². The summed E-state index contributed by atoms with van der Waals surface area (Å²) in [5, 5.41) is 3.58. The first-order chi connectivity index (χ1) is 13.0. The van der Waals surface area contributed by atoms with Gasteiger partial charge in [-0.1, -0.05) is 23.2 Å². The van der Waals surface area contributed by atoms with E-state index in [9.17, 15) is 9.59 Å². The fourth-order valence-corrected chi connectivity index (χ4v) is 3.67. The molecule has 0 unspecified atom stereocenters. The molecule has 2 aliphatic heterocycles. The minimum atomic E-state index is -0.571. The number of ether oxygens (including phenoxy) is 2. The van der Waals surface area contributed by atoms with E-state index in [1.54, 1.807) is 35.2 Å². The van der Waals surface area contributed by atoms with Crippen LogP contribution in [0, 0.1) is 0 Å². The largest absolute Gasteiger partial charge is 0.454 e. The molecule has 2 aliphatic rings. The van der Waals surface area contributed by atoms with Crippen LogP contribution >= 0.6 is 23.2 Å². The number of nitrogens with one attached hydrogen (secondary N) is 1. The highest BCUT2D eigenvalue weighted by Gasteiger charge is 2.35. The minimum absolute atomic E-state index is 0.165. The molecule has 1 fully saturated rings. The van der Waals surface area contributed by atoms with Gasteiger partial charge in [0.25, 0.3) is 5.91 Å². The number of anilines is 1. The number of fused-ring (bicyclic) bond motifs is 1. The zero-order valence-electron chi connectivity index (χ0n) is 14.2. The van der Waals surface area contributed by atoms with E-state index in [0.717, 1.165) is 6.42 Å². The van der Waals surface area contributed by atoms with Crippen molar-refractivity contribution < 1.29 is 19.1 Å². The molecular weight excluding hydrogens is 391 g/mol. The molecule has 0 spiro atoms. The fraction of sp³-hybridized carbons (Fsp3) is 0.263. The number of carbonyl (C=O) groups is 2. The number of rotatable bonds is 3. The Labute approximate surface area is 165 Å². The summed E-state index contributed by atoms with van der Waals surface area (Å²) in [4.78, 5) is 27.2. The van der Waals surface area contributed by atoms with Gasteiger partial charge in [0.1, 0.15) is 6.04 Å². The summed E-state index contributed by atoms with van der Waals surface area (Å²) in [6.45, 7) is 0.652. The number of carbonyl (C=O) groups excluding carboxylic acids is 2. The van der Waals surface area contributed by atoms with Crippen LogP contribution in [0.2, 0.25) is 10.0 Å². The van der Waals surface area contributed by atoms with Crippen molar-refractivity contribution in [1.82, 2.24) is 4.90 Å². The van der Waals surface area contributed by atoms with Gasteiger partial charge in [-0.25, -0.2) is 0 Å². The first kappa shape index (κ1) is 17.9. The third-order valence-corrected chi connectivity index (χ3v) is 5.18. The van der Waals surface area contributed by atoms with Crippen molar-refractivity contribution in [2.45, 2.75) is 18.9 Å². The van der Waals surface area contributed by atoms with Crippen LogP contribution in [0.4, 0.5) is 5.69 Å². The maximum atomic E-state index is 12.9. The molecule has 2 amide bonds. The van der Waals surface area contributed by atoms with Crippen molar-refractivity contribution in [2.24, 2.45) is 0 Å². The van der Waals surface area contributed by atoms with Crippen LogP contribution in [-0.2, 0) is 4.79 Å². The Balaban J connectivity index is 1.51. The predicted octanol–water partition coefficient (Wildman–Crippen LogP) is 3.97. The van der Waals surface area contributed by atoms with E-state index >= 15 is 0 Å². The normalized spacial score (nSPS) is 17.9. The minimum Gasteiger partial charge on any atom is -0.454 e. The Bertz CT molecular complexity index is 919. The van der Waals surface area contributed by atoms with Crippen LogP contribution < -0.4 is 14.8 Å². The molecule has 0 bridgehead atoms. The third-order valence-electron chi connectivity index (χ3n) is 4.62. The van der Waals surface area contributed by atoms with Gasteiger partial charge in [0.05, 0.1) is 10.6 Å². The molecule has 0 saturated carbocycles. The van der Waals surface area contributed by atoms with Crippen LogP contribution in [0.3, 0.4) is 0 Å². The van der Waals surface area contributed by atoms with Gasteiger partial charge in [0.2, 0.25) is 12.7 Å². The van der Waals surface area contributed by atoms with E-state index < -0.39 is 6.04 Å². The van der Waals surface area contributed by atoms with E-state index in [1.807, 2.05) is 0 Å². The number of amides is 2. The number of nitrogens with zero attached hydrogens (tertiary/aromatic N) is 1. The van der Waals surface area contributed by atoms with Gasteiger partial charge >= 0.3 is 0 Å². The third kappa shape index (κ3) is 3.55. The molecule has 2 aromatic rings. The molecule has 4 rings (SSSR count). The standard InChI is InChI=1S/C19H16Cl2N2O4/c20-11-3-5-14(21)13(8-11)19(25)23-7-1-2-15(23)18(24)22-12-4-6-16-17(9-12)27-10-26-16/h3-6,8-9,15H,1-2,7,10H2,(H,22,24)/t15-/m0/s1. The lowest BCUT2D eigenvalue weighted by Crippen LogP contribution is -2.43. The first-order valence-corrected chi connectivity index (χ1v) is 9.25. The van der Waals surface area contributed by atoms with E-state index in [-0.39, 0.29) is 18.6 Å². The molecule has 140 valence electrons. The van der Waals surface area contributed by atoms with Crippen LogP contribution in [0.15, 0.2) is 36.4 Å². The number of likely N-dealkylation sites (tertiary alicyclic amines) is 1. The van der Waals surface area contributed by atoms with Gasteiger partial charge in [-0.15, -0.1) is 0 Å². The van der Waals surface area contributed by atoms with Crippen molar-refractivity contribution in [2.75, 3.05) is 18.7 Å². The highest BCUT2D eigenvalue weighted by Crippen LogP contribution is 2.34. The smallest absolute Gasteiger partial charge is 0.256 e. The summed E-state index contributed by atoms with van der Waals surface area (Å²) in [5.41, 5.74) is 0.885. The van der Waals surface area contributed by atoms with E-state index in [4.69, 9.17) is 32.7 Å². The monoisotopic (exact) mass is 406 g/mol. The number of hydrogen-bond donors (Lipinski definition) is 1. The lowest BCUT2D eigenvalue weighted by atomic mass is 10.1. The predicted molar refractivity (Wildman–Crippen MR) is 102 cm³/mol. The molecule has 0 aromatic heterocycles. The second-order valence-electron chi connectivity index (χ2n) is 6.34. The van der Waals surface area contributed by atoms with Gasteiger partial charge in [0.15, 0.2) is 11.5 Å². The quantitative estimate of drug-likeness (QED) is 0.837. The zero-order chi connectivity index (χ0) is 19.0. The average Bonchev–Trinajstić information content (AvgIpc) is 3.31. The molecule has 1 atom stereocenters. The van der Waals surface area contributed by atoms with Gasteiger partial charge in [0, 0.05) is 23.3 Å². The van der Waals surface area contributed by atoms with Crippen LogP contribution in [-0.4, -0.2) is 36.1 Å². The number of benzene rings is 2. The number of halogens is 2. The summed E-state index contributed by atoms with van der Waals surface area (Å²) >= 11 is 12.1. The Morgan fingerprint density at radius 1 is 1.07 bits per heavy atom. The van der Waals surface area contributed by atoms with E-state index in [1.165, 1.54) is 6.07 Å². The Hall–Kier alpha value is -2.44. The fourth-order valence-electron chi connectivity index (χ4n) is 3.30. The molecule has 0 aliphatic carbocycles. The SMILES string of the molecule is O=C(Nc1ccc2c(c1)OCO2)[C@@H]1CCCN1C(=O)c1cc(Cl)ccc1Cl. The van der Waals surface area contributed by atoms with Crippen molar-refractivity contribution in [3.8, 4) is 11.5 Å². The molecule has 8 heteroatoms.